The van der Waals surface area contributed by atoms with Crippen molar-refractivity contribution < 1.29 is 13.2 Å². The lowest BCUT2D eigenvalue weighted by atomic mass is 10.1. The van der Waals surface area contributed by atoms with Gasteiger partial charge in [-0.3, -0.25) is 4.79 Å². The van der Waals surface area contributed by atoms with E-state index in [0.717, 1.165) is 5.39 Å². The number of aromatic amines is 1. The molecule has 0 unspecified atom stereocenters. The summed E-state index contributed by atoms with van der Waals surface area (Å²) in [6, 6.07) is 11.4. The number of fused-ring (bicyclic) bond motifs is 1. The Bertz CT molecular complexity index is 1120. The first kappa shape index (κ1) is 17.5. The van der Waals surface area contributed by atoms with Gasteiger partial charge in [0, 0.05) is 16.1 Å². The van der Waals surface area contributed by atoms with Crippen molar-refractivity contribution in [1.82, 2.24) is 4.98 Å². The highest BCUT2D eigenvalue weighted by Crippen LogP contribution is 2.30. The molecular formula is C18H16ClNO4S. The molecule has 0 radical (unpaired) electrons. The average molecular weight is 378 g/mol. The number of ether oxygens (including phenoxy) is 1. The Morgan fingerprint density at radius 3 is 2.60 bits per heavy atom. The number of aryl methyl sites for hydroxylation is 1. The summed E-state index contributed by atoms with van der Waals surface area (Å²) in [6.45, 7) is 1.71. The van der Waals surface area contributed by atoms with E-state index in [-0.39, 0.29) is 22.0 Å². The fraction of sp³-hybridized carbons (Fsp3) is 0.167. The fourth-order valence-electron chi connectivity index (χ4n) is 2.65. The van der Waals surface area contributed by atoms with Crippen molar-refractivity contribution in [1.29, 1.82) is 0 Å². The van der Waals surface area contributed by atoms with Gasteiger partial charge in [-0.1, -0.05) is 17.7 Å². The minimum Gasteiger partial charge on any atom is -0.495 e. The van der Waals surface area contributed by atoms with Gasteiger partial charge in [0.2, 0.25) is 0 Å². The molecule has 3 rings (SSSR count). The molecule has 2 aromatic carbocycles. The number of H-pyrrole nitrogens is 1. The third kappa shape index (κ3) is 3.55. The normalized spacial score (nSPS) is 11.6. The van der Waals surface area contributed by atoms with Crippen molar-refractivity contribution in [3.8, 4) is 5.75 Å². The maximum Gasteiger partial charge on any atom is 0.251 e. The lowest BCUT2D eigenvalue weighted by molar-refractivity contribution is 0.402. The Morgan fingerprint density at radius 2 is 1.88 bits per heavy atom. The molecule has 0 bridgehead atoms. The van der Waals surface area contributed by atoms with E-state index < -0.39 is 9.84 Å². The molecule has 1 heterocycles. The van der Waals surface area contributed by atoms with E-state index >= 15 is 0 Å². The molecule has 0 aliphatic rings. The van der Waals surface area contributed by atoms with E-state index in [0.29, 0.717) is 21.7 Å². The highest BCUT2D eigenvalue weighted by Gasteiger charge is 2.21. The van der Waals surface area contributed by atoms with Gasteiger partial charge in [-0.05, 0) is 54.3 Å². The van der Waals surface area contributed by atoms with Crippen LogP contribution in [0.4, 0.5) is 0 Å². The minimum atomic E-state index is -3.65. The molecule has 0 saturated carbocycles. The number of benzene rings is 2. The van der Waals surface area contributed by atoms with Gasteiger partial charge in [0.05, 0.1) is 12.9 Å². The smallest absolute Gasteiger partial charge is 0.251 e. The number of sulfone groups is 1. The van der Waals surface area contributed by atoms with Crippen LogP contribution >= 0.6 is 11.6 Å². The molecule has 0 spiro atoms. The summed E-state index contributed by atoms with van der Waals surface area (Å²) in [5.41, 5.74) is 1.69. The van der Waals surface area contributed by atoms with Gasteiger partial charge >= 0.3 is 0 Å². The molecule has 0 amide bonds. The Kier molecular flexibility index (Phi) is 4.58. The zero-order valence-corrected chi connectivity index (χ0v) is 15.2. The molecule has 0 aliphatic carbocycles. The largest absolute Gasteiger partial charge is 0.495 e. The quantitative estimate of drug-likeness (QED) is 0.755. The van der Waals surface area contributed by atoms with E-state index in [1.807, 2.05) is 0 Å². The fourth-order valence-corrected chi connectivity index (χ4v) is 4.42. The maximum atomic E-state index is 12.8. The second kappa shape index (κ2) is 6.54. The summed E-state index contributed by atoms with van der Waals surface area (Å²) < 4.78 is 30.7. The number of aromatic nitrogens is 1. The van der Waals surface area contributed by atoms with Crippen molar-refractivity contribution in [2.45, 2.75) is 17.6 Å². The first-order valence-corrected chi connectivity index (χ1v) is 9.52. The summed E-state index contributed by atoms with van der Waals surface area (Å²) in [4.78, 5) is 14.5. The van der Waals surface area contributed by atoms with Crippen LogP contribution in [0.25, 0.3) is 10.9 Å². The number of rotatable bonds is 4. The lowest BCUT2D eigenvalue weighted by Gasteiger charge is -2.11. The molecule has 0 atom stereocenters. The van der Waals surface area contributed by atoms with E-state index in [1.54, 1.807) is 37.3 Å². The van der Waals surface area contributed by atoms with Crippen LogP contribution in [0.5, 0.6) is 5.75 Å². The van der Waals surface area contributed by atoms with E-state index in [2.05, 4.69) is 4.98 Å². The predicted octanol–water partition coefficient (Wildman–Crippen LogP) is 3.47. The summed E-state index contributed by atoms with van der Waals surface area (Å²) in [6.07, 6.45) is 0. The Balaban J connectivity index is 2.04. The summed E-state index contributed by atoms with van der Waals surface area (Å²) in [7, 11) is -2.23. The number of hydrogen-bond acceptors (Lipinski definition) is 4. The third-order valence-corrected chi connectivity index (χ3v) is 5.85. The van der Waals surface area contributed by atoms with Gasteiger partial charge in [-0.25, -0.2) is 8.42 Å². The number of halogens is 1. The second-order valence-corrected chi connectivity index (χ2v) is 8.15. The van der Waals surface area contributed by atoms with E-state index in [1.165, 1.54) is 19.2 Å². The molecular weight excluding hydrogens is 362 g/mol. The molecule has 3 aromatic rings. The van der Waals surface area contributed by atoms with Crippen LogP contribution in [-0.4, -0.2) is 20.5 Å². The van der Waals surface area contributed by atoms with Crippen LogP contribution in [0.15, 0.2) is 52.2 Å². The number of hydrogen-bond donors (Lipinski definition) is 1. The van der Waals surface area contributed by atoms with Crippen molar-refractivity contribution in [2.75, 3.05) is 7.11 Å². The monoisotopic (exact) mass is 377 g/mol. The summed E-state index contributed by atoms with van der Waals surface area (Å²) in [5.74, 6) is 0.0584. The second-order valence-electron chi connectivity index (χ2n) is 5.76. The highest BCUT2D eigenvalue weighted by molar-refractivity contribution is 7.90. The highest BCUT2D eigenvalue weighted by atomic mass is 35.5. The first-order valence-electron chi connectivity index (χ1n) is 7.49. The van der Waals surface area contributed by atoms with Gasteiger partial charge in [-0.15, -0.1) is 0 Å². The summed E-state index contributed by atoms with van der Waals surface area (Å²) in [5, 5.41) is 1.11. The van der Waals surface area contributed by atoms with Gasteiger partial charge in [-0.2, -0.15) is 0 Å². The van der Waals surface area contributed by atoms with Gasteiger partial charge in [0.25, 0.3) is 5.56 Å². The number of methoxy groups -OCH3 is 1. The van der Waals surface area contributed by atoms with Crippen LogP contribution in [0.1, 0.15) is 11.1 Å². The molecule has 1 N–H and O–H groups in total. The molecule has 25 heavy (non-hydrogen) atoms. The first-order chi connectivity index (χ1) is 11.8. The van der Waals surface area contributed by atoms with Crippen molar-refractivity contribution in [2.24, 2.45) is 0 Å². The van der Waals surface area contributed by atoms with Gasteiger partial charge < -0.3 is 9.72 Å². The van der Waals surface area contributed by atoms with Crippen LogP contribution < -0.4 is 10.3 Å². The molecule has 0 fully saturated rings. The van der Waals surface area contributed by atoms with Gasteiger partial charge in [0.15, 0.2) is 9.84 Å². The zero-order chi connectivity index (χ0) is 18.2. The Hall–Kier alpha value is -2.31. The van der Waals surface area contributed by atoms with E-state index in [4.69, 9.17) is 16.3 Å². The standard InChI is InChI=1S/C18H16ClNO4S/c1-11-7-13-8-12(3-5-15(13)20-18(11)21)10-25(22,23)17-9-14(19)4-6-16(17)24-2/h3-9H,10H2,1-2H3,(H,20,21). The Labute approximate surface area is 150 Å². The van der Waals surface area contributed by atoms with Crippen LogP contribution in [-0.2, 0) is 15.6 Å². The number of nitrogens with one attached hydrogen (secondary N) is 1. The zero-order valence-electron chi connectivity index (χ0n) is 13.7. The average Bonchev–Trinajstić information content (AvgIpc) is 2.56. The van der Waals surface area contributed by atoms with Crippen molar-refractivity contribution in [3.63, 3.8) is 0 Å². The van der Waals surface area contributed by atoms with Crippen LogP contribution in [0.2, 0.25) is 5.02 Å². The van der Waals surface area contributed by atoms with Crippen LogP contribution in [0, 0.1) is 6.92 Å². The lowest BCUT2D eigenvalue weighted by Crippen LogP contribution is -2.09. The van der Waals surface area contributed by atoms with Crippen molar-refractivity contribution in [3.05, 3.63) is 69.0 Å². The molecule has 0 saturated heterocycles. The minimum absolute atomic E-state index is 0.0558. The van der Waals surface area contributed by atoms with Gasteiger partial charge in [0.1, 0.15) is 10.6 Å². The molecule has 7 heteroatoms. The van der Waals surface area contributed by atoms with E-state index in [9.17, 15) is 13.2 Å². The van der Waals surface area contributed by atoms with Crippen molar-refractivity contribution >= 4 is 32.3 Å². The topological polar surface area (TPSA) is 76.2 Å². The molecule has 5 nitrogen and oxygen atoms in total. The summed E-state index contributed by atoms with van der Waals surface area (Å²) >= 11 is 5.94. The van der Waals surface area contributed by atoms with Crippen LogP contribution in [0.3, 0.4) is 0 Å². The molecule has 1 aromatic heterocycles. The molecule has 130 valence electrons. The number of pyridine rings is 1. The molecule has 0 aliphatic heterocycles. The maximum absolute atomic E-state index is 12.8. The predicted molar refractivity (Wildman–Crippen MR) is 98.2 cm³/mol. The third-order valence-electron chi connectivity index (χ3n) is 3.91. The Morgan fingerprint density at radius 1 is 1.12 bits per heavy atom. The SMILES string of the molecule is COc1ccc(Cl)cc1S(=O)(=O)Cc1ccc2[nH]c(=O)c(C)cc2c1.